The lowest BCUT2D eigenvalue weighted by Crippen LogP contribution is -2.37. The molecule has 0 aliphatic carbocycles. The van der Waals surface area contributed by atoms with Crippen molar-refractivity contribution in [3.05, 3.63) is 28.2 Å². The van der Waals surface area contributed by atoms with E-state index in [4.69, 9.17) is 4.74 Å². The Labute approximate surface area is 123 Å². The first-order chi connectivity index (χ1) is 8.87. The Kier molecular flexibility index (Phi) is 4.19. The Bertz CT molecular complexity index is 480. The highest BCUT2D eigenvalue weighted by Crippen LogP contribution is 2.30. The second kappa shape index (κ2) is 5.53. The number of carbonyl (C=O) groups is 1. The van der Waals surface area contributed by atoms with Crippen LogP contribution in [0, 0.1) is 0 Å². The third-order valence-corrected chi connectivity index (χ3v) is 3.52. The lowest BCUT2D eigenvalue weighted by Gasteiger charge is -2.27. The van der Waals surface area contributed by atoms with Gasteiger partial charge in [-0.3, -0.25) is 4.90 Å². The third kappa shape index (κ3) is 3.72. The highest BCUT2D eigenvalue weighted by Gasteiger charge is 2.26. The number of rotatable bonds is 0. The maximum absolute atomic E-state index is 12.3. The molecule has 4 heteroatoms. The smallest absolute Gasteiger partial charge is 0.414 e. The van der Waals surface area contributed by atoms with Crippen molar-refractivity contribution in [3.8, 4) is 0 Å². The number of hydrogen-bond acceptors (Lipinski definition) is 2. The predicted molar refractivity (Wildman–Crippen MR) is 80.7 cm³/mol. The normalized spacial score (nSPS) is 15.7. The van der Waals surface area contributed by atoms with Gasteiger partial charge in [-0.05, 0) is 57.7 Å². The molecule has 0 saturated heterocycles. The molecule has 19 heavy (non-hydrogen) atoms. The number of hydrogen-bond donors (Lipinski definition) is 0. The van der Waals surface area contributed by atoms with E-state index in [1.54, 1.807) is 4.90 Å². The quantitative estimate of drug-likeness (QED) is 0.701. The van der Waals surface area contributed by atoms with Crippen LogP contribution in [0.15, 0.2) is 22.7 Å². The summed E-state index contributed by atoms with van der Waals surface area (Å²) in [5.41, 5.74) is 1.72. The molecule has 1 aromatic carbocycles. The van der Waals surface area contributed by atoms with Crippen LogP contribution in [0.2, 0.25) is 0 Å². The highest BCUT2D eigenvalue weighted by molar-refractivity contribution is 9.10. The van der Waals surface area contributed by atoms with Crippen molar-refractivity contribution in [1.82, 2.24) is 0 Å². The zero-order valence-corrected chi connectivity index (χ0v) is 13.3. The molecule has 0 atom stereocenters. The van der Waals surface area contributed by atoms with Crippen LogP contribution in [-0.4, -0.2) is 18.2 Å². The first-order valence-electron chi connectivity index (χ1n) is 6.66. The summed E-state index contributed by atoms with van der Waals surface area (Å²) in [4.78, 5) is 14.1. The summed E-state index contributed by atoms with van der Waals surface area (Å²) >= 11 is 3.48. The van der Waals surface area contributed by atoms with Gasteiger partial charge in [-0.1, -0.05) is 22.0 Å². The molecule has 1 aromatic rings. The van der Waals surface area contributed by atoms with Gasteiger partial charge in [-0.25, -0.2) is 4.79 Å². The van der Waals surface area contributed by atoms with Crippen LogP contribution in [0.3, 0.4) is 0 Å². The Morgan fingerprint density at radius 2 is 2.05 bits per heavy atom. The second-order valence-electron chi connectivity index (χ2n) is 5.86. The largest absolute Gasteiger partial charge is 0.443 e. The molecule has 3 nitrogen and oxygen atoms in total. The average Bonchev–Trinajstić information content (AvgIpc) is 2.48. The van der Waals surface area contributed by atoms with Gasteiger partial charge in [0.1, 0.15) is 5.60 Å². The fraction of sp³-hybridized carbons (Fsp3) is 0.533. The van der Waals surface area contributed by atoms with E-state index < -0.39 is 5.60 Å². The summed E-state index contributed by atoms with van der Waals surface area (Å²) in [6.07, 6.45) is 2.87. The molecule has 0 saturated carbocycles. The fourth-order valence-corrected chi connectivity index (χ4v) is 2.56. The average molecular weight is 326 g/mol. The summed E-state index contributed by atoms with van der Waals surface area (Å²) < 4.78 is 6.49. The minimum atomic E-state index is -0.463. The first-order valence-corrected chi connectivity index (χ1v) is 7.45. The van der Waals surface area contributed by atoms with Gasteiger partial charge < -0.3 is 4.74 Å². The van der Waals surface area contributed by atoms with E-state index in [0.29, 0.717) is 0 Å². The molecule has 0 spiro atoms. The molecule has 2 rings (SSSR count). The lowest BCUT2D eigenvalue weighted by atomic mass is 10.1. The highest BCUT2D eigenvalue weighted by atomic mass is 79.9. The molecule has 0 radical (unpaired) electrons. The van der Waals surface area contributed by atoms with Gasteiger partial charge in [0.2, 0.25) is 0 Å². The van der Waals surface area contributed by atoms with Crippen LogP contribution in [0.25, 0.3) is 0 Å². The minimum absolute atomic E-state index is 0.256. The van der Waals surface area contributed by atoms with Gasteiger partial charge in [0.15, 0.2) is 0 Å². The predicted octanol–water partition coefficient (Wildman–Crippen LogP) is 4.53. The van der Waals surface area contributed by atoms with E-state index in [0.717, 1.165) is 36.0 Å². The minimum Gasteiger partial charge on any atom is -0.443 e. The molecule has 0 N–H and O–H groups in total. The Morgan fingerprint density at radius 3 is 2.74 bits per heavy atom. The molecule has 0 unspecified atom stereocenters. The summed E-state index contributed by atoms with van der Waals surface area (Å²) in [6, 6.07) is 6.12. The van der Waals surface area contributed by atoms with Gasteiger partial charge in [0.05, 0.1) is 5.69 Å². The van der Waals surface area contributed by atoms with Crippen molar-refractivity contribution >= 4 is 27.7 Å². The molecular weight excluding hydrogens is 306 g/mol. The number of amides is 1. The Hall–Kier alpha value is -1.03. The number of aryl methyl sites for hydroxylation is 1. The standard InChI is InChI=1S/C15H20BrNO2/c1-15(2,3)19-14(18)17-9-5-4-6-11-7-8-12(16)10-13(11)17/h7-8,10H,4-6,9H2,1-3H3. The van der Waals surface area contributed by atoms with Crippen molar-refractivity contribution in [2.45, 2.75) is 45.6 Å². The summed E-state index contributed by atoms with van der Waals surface area (Å²) in [6.45, 7) is 6.40. The van der Waals surface area contributed by atoms with E-state index in [-0.39, 0.29) is 6.09 Å². The molecule has 0 aromatic heterocycles. The van der Waals surface area contributed by atoms with Crippen molar-refractivity contribution in [3.63, 3.8) is 0 Å². The maximum Gasteiger partial charge on any atom is 0.414 e. The topological polar surface area (TPSA) is 29.5 Å². The van der Waals surface area contributed by atoms with E-state index in [2.05, 4.69) is 22.0 Å². The first kappa shape index (κ1) is 14.4. The van der Waals surface area contributed by atoms with Crippen LogP contribution in [0.5, 0.6) is 0 Å². The molecule has 1 amide bonds. The van der Waals surface area contributed by atoms with Gasteiger partial charge in [-0.15, -0.1) is 0 Å². The van der Waals surface area contributed by atoms with Crippen LogP contribution in [0.4, 0.5) is 10.5 Å². The van der Waals surface area contributed by atoms with Crippen LogP contribution < -0.4 is 4.90 Å². The summed E-state index contributed by atoms with van der Waals surface area (Å²) in [5.74, 6) is 0. The van der Waals surface area contributed by atoms with Gasteiger partial charge in [0.25, 0.3) is 0 Å². The van der Waals surface area contributed by atoms with E-state index in [9.17, 15) is 4.79 Å². The molecule has 1 heterocycles. The third-order valence-electron chi connectivity index (χ3n) is 3.03. The number of fused-ring (bicyclic) bond motifs is 1. The van der Waals surface area contributed by atoms with Crippen LogP contribution >= 0.6 is 15.9 Å². The van der Waals surface area contributed by atoms with Gasteiger partial charge in [-0.2, -0.15) is 0 Å². The maximum atomic E-state index is 12.3. The number of ether oxygens (including phenoxy) is 1. The summed E-state index contributed by atoms with van der Waals surface area (Å²) in [5, 5.41) is 0. The second-order valence-corrected chi connectivity index (χ2v) is 6.78. The zero-order chi connectivity index (χ0) is 14.0. The monoisotopic (exact) mass is 325 g/mol. The molecular formula is C15H20BrNO2. The molecule has 0 fully saturated rings. The molecule has 1 aliphatic heterocycles. The lowest BCUT2D eigenvalue weighted by molar-refractivity contribution is 0.0580. The molecule has 104 valence electrons. The van der Waals surface area contributed by atoms with Crippen molar-refractivity contribution < 1.29 is 9.53 Å². The van der Waals surface area contributed by atoms with Gasteiger partial charge in [0, 0.05) is 11.0 Å². The van der Waals surface area contributed by atoms with Crippen molar-refractivity contribution in [1.29, 1.82) is 0 Å². The SMILES string of the molecule is CC(C)(C)OC(=O)N1CCCCc2ccc(Br)cc21. The van der Waals surface area contributed by atoms with E-state index in [1.165, 1.54) is 5.56 Å². The summed E-state index contributed by atoms with van der Waals surface area (Å²) in [7, 11) is 0. The number of carbonyl (C=O) groups excluding carboxylic acids is 1. The van der Waals surface area contributed by atoms with Crippen LogP contribution in [-0.2, 0) is 11.2 Å². The molecule has 1 aliphatic rings. The number of anilines is 1. The molecule has 0 bridgehead atoms. The van der Waals surface area contributed by atoms with E-state index in [1.807, 2.05) is 32.9 Å². The number of benzene rings is 1. The number of nitrogens with zero attached hydrogens (tertiary/aromatic N) is 1. The zero-order valence-electron chi connectivity index (χ0n) is 11.7. The number of halogens is 1. The van der Waals surface area contributed by atoms with Crippen LogP contribution in [0.1, 0.15) is 39.2 Å². The fourth-order valence-electron chi connectivity index (χ4n) is 2.21. The Morgan fingerprint density at radius 1 is 1.32 bits per heavy atom. The van der Waals surface area contributed by atoms with Gasteiger partial charge >= 0.3 is 6.09 Å². The van der Waals surface area contributed by atoms with Crippen molar-refractivity contribution in [2.75, 3.05) is 11.4 Å². The van der Waals surface area contributed by atoms with Crippen molar-refractivity contribution in [2.24, 2.45) is 0 Å². The van der Waals surface area contributed by atoms with E-state index >= 15 is 0 Å². The Balaban J connectivity index is 2.31.